The van der Waals surface area contributed by atoms with Gasteiger partial charge in [0.15, 0.2) is 0 Å². The third-order valence-corrected chi connectivity index (χ3v) is 6.01. The summed E-state index contributed by atoms with van der Waals surface area (Å²) < 4.78 is 45.1. The minimum atomic E-state index is -4.53. The molecule has 34 heavy (non-hydrogen) atoms. The summed E-state index contributed by atoms with van der Waals surface area (Å²) >= 11 is 0. The number of anilines is 1. The van der Waals surface area contributed by atoms with Crippen molar-refractivity contribution in [2.45, 2.75) is 51.9 Å². The van der Waals surface area contributed by atoms with E-state index in [-0.39, 0.29) is 38.1 Å². The van der Waals surface area contributed by atoms with E-state index in [1.165, 1.54) is 6.07 Å². The number of aliphatic hydroxyl groups is 1. The van der Waals surface area contributed by atoms with Gasteiger partial charge in [-0.05, 0) is 43.4 Å². The highest BCUT2D eigenvalue weighted by atomic mass is 19.4. The summed E-state index contributed by atoms with van der Waals surface area (Å²) in [6, 6.07) is 5.90. The van der Waals surface area contributed by atoms with E-state index in [1.807, 2.05) is 4.90 Å². The van der Waals surface area contributed by atoms with Crippen LogP contribution in [0.4, 0.5) is 19.0 Å². The number of pyridine rings is 2. The number of nitrogens with zero attached hydrogens (tertiary/aromatic N) is 3. The maximum Gasteiger partial charge on any atom is 0.433 e. The fourth-order valence-corrected chi connectivity index (χ4v) is 3.77. The molecule has 0 saturated carbocycles. The van der Waals surface area contributed by atoms with Gasteiger partial charge in [-0.1, -0.05) is 19.1 Å². The molecule has 0 bridgehead atoms. The minimum Gasteiger partial charge on any atom is -0.394 e. The Morgan fingerprint density at radius 1 is 1.26 bits per heavy atom. The van der Waals surface area contributed by atoms with Gasteiger partial charge in [0.05, 0.1) is 31.4 Å². The molecule has 3 rings (SSSR count). The van der Waals surface area contributed by atoms with E-state index in [0.717, 1.165) is 18.9 Å². The van der Waals surface area contributed by atoms with Gasteiger partial charge in [-0.3, -0.25) is 9.78 Å². The van der Waals surface area contributed by atoms with Gasteiger partial charge in [-0.15, -0.1) is 0 Å². The lowest BCUT2D eigenvalue weighted by molar-refractivity contribution is -0.141. The Morgan fingerprint density at radius 3 is 2.62 bits per heavy atom. The standard InChI is InChI=1S/C24H31F3N4O3/c1-16-7-9-31(10-8-16)22-19(4-6-21(30-22)24(25,26)27)14-29-23(33)17(2)18-3-5-20(28-13-18)15-34-12-11-32/h3-6,13,16-17,32H,7-12,14-15H2,1-2H3,(H,29,33). The molecule has 1 aliphatic rings. The molecule has 1 saturated heterocycles. The maximum atomic E-state index is 13.3. The van der Waals surface area contributed by atoms with E-state index in [9.17, 15) is 18.0 Å². The van der Waals surface area contributed by atoms with Crippen LogP contribution in [0.25, 0.3) is 0 Å². The van der Waals surface area contributed by atoms with Crippen LogP contribution in [0.5, 0.6) is 0 Å². The average Bonchev–Trinajstić information content (AvgIpc) is 2.82. The van der Waals surface area contributed by atoms with Gasteiger partial charge in [-0.2, -0.15) is 13.2 Å². The number of halogens is 3. The molecular weight excluding hydrogens is 449 g/mol. The van der Waals surface area contributed by atoms with Crippen LogP contribution in [0.15, 0.2) is 30.5 Å². The van der Waals surface area contributed by atoms with Gasteiger partial charge in [0, 0.05) is 31.4 Å². The van der Waals surface area contributed by atoms with Crippen LogP contribution >= 0.6 is 0 Å². The number of piperidine rings is 1. The van der Waals surface area contributed by atoms with Crippen LogP contribution in [0.1, 0.15) is 55.1 Å². The van der Waals surface area contributed by atoms with Crippen molar-refractivity contribution in [1.82, 2.24) is 15.3 Å². The summed E-state index contributed by atoms with van der Waals surface area (Å²) in [5, 5.41) is 11.6. The number of hydrogen-bond acceptors (Lipinski definition) is 6. The lowest BCUT2D eigenvalue weighted by Crippen LogP contribution is -2.35. The van der Waals surface area contributed by atoms with Gasteiger partial charge >= 0.3 is 6.18 Å². The molecule has 1 atom stereocenters. The van der Waals surface area contributed by atoms with Crippen molar-refractivity contribution < 1.29 is 27.8 Å². The molecule has 2 N–H and O–H groups in total. The van der Waals surface area contributed by atoms with Crippen molar-refractivity contribution in [3.8, 4) is 0 Å². The van der Waals surface area contributed by atoms with E-state index in [2.05, 4.69) is 22.2 Å². The Balaban J connectivity index is 1.68. The van der Waals surface area contributed by atoms with Crippen LogP contribution in [0, 0.1) is 5.92 Å². The van der Waals surface area contributed by atoms with Crippen LogP contribution in [-0.4, -0.2) is 47.3 Å². The second kappa shape index (κ2) is 11.6. The molecule has 0 radical (unpaired) electrons. The third kappa shape index (κ3) is 6.89. The Labute approximate surface area is 197 Å². The molecule has 7 nitrogen and oxygen atoms in total. The van der Waals surface area contributed by atoms with Gasteiger partial charge < -0.3 is 20.1 Å². The quantitative estimate of drug-likeness (QED) is 0.533. The first-order chi connectivity index (χ1) is 16.2. The Hall–Kier alpha value is -2.72. The highest BCUT2D eigenvalue weighted by Gasteiger charge is 2.34. The molecule has 1 unspecified atom stereocenters. The lowest BCUT2D eigenvalue weighted by Gasteiger charge is -2.33. The van der Waals surface area contributed by atoms with Gasteiger partial charge in [0.25, 0.3) is 0 Å². The van der Waals surface area contributed by atoms with Crippen molar-refractivity contribution >= 4 is 11.7 Å². The highest BCUT2D eigenvalue weighted by molar-refractivity contribution is 5.83. The summed E-state index contributed by atoms with van der Waals surface area (Å²) in [6.07, 6.45) is -1.16. The number of hydrogen-bond donors (Lipinski definition) is 2. The van der Waals surface area contributed by atoms with E-state index in [1.54, 1.807) is 25.3 Å². The van der Waals surface area contributed by atoms with Crippen molar-refractivity contribution in [1.29, 1.82) is 0 Å². The first-order valence-electron chi connectivity index (χ1n) is 11.4. The topological polar surface area (TPSA) is 87.6 Å². The van der Waals surface area contributed by atoms with Crippen molar-refractivity contribution in [2.24, 2.45) is 5.92 Å². The molecule has 2 aromatic rings. The predicted molar refractivity (Wildman–Crippen MR) is 121 cm³/mol. The zero-order valence-corrected chi connectivity index (χ0v) is 19.4. The zero-order chi connectivity index (χ0) is 24.7. The van der Waals surface area contributed by atoms with Crippen molar-refractivity contribution in [2.75, 3.05) is 31.2 Å². The van der Waals surface area contributed by atoms with E-state index in [0.29, 0.717) is 35.8 Å². The number of carbonyl (C=O) groups is 1. The van der Waals surface area contributed by atoms with Crippen LogP contribution in [-0.2, 0) is 28.9 Å². The highest BCUT2D eigenvalue weighted by Crippen LogP contribution is 2.32. The molecule has 1 amide bonds. The first-order valence-corrected chi connectivity index (χ1v) is 11.4. The number of nitrogens with one attached hydrogen (secondary N) is 1. The van der Waals surface area contributed by atoms with Gasteiger partial charge in [-0.25, -0.2) is 4.98 Å². The average molecular weight is 481 g/mol. The Kier molecular flexibility index (Phi) is 8.84. The Morgan fingerprint density at radius 2 is 2.00 bits per heavy atom. The largest absolute Gasteiger partial charge is 0.433 e. The number of rotatable bonds is 9. The van der Waals surface area contributed by atoms with Crippen LogP contribution < -0.4 is 10.2 Å². The molecule has 2 aromatic heterocycles. The second-order valence-electron chi connectivity index (χ2n) is 8.65. The SMILES string of the molecule is CC1CCN(c2nc(C(F)(F)F)ccc2CNC(=O)C(C)c2ccc(COCCO)nc2)CC1. The van der Waals surface area contributed by atoms with Crippen molar-refractivity contribution in [3.05, 3.63) is 53.0 Å². The molecule has 0 spiro atoms. The van der Waals surface area contributed by atoms with Crippen LogP contribution in [0.3, 0.4) is 0 Å². The third-order valence-electron chi connectivity index (χ3n) is 6.01. The minimum absolute atomic E-state index is 0.0671. The number of aliphatic hydroxyl groups excluding tert-OH is 1. The number of alkyl halides is 3. The fourth-order valence-electron chi connectivity index (χ4n) is 3.77. The smallest absolute Gasteiger partial charge is 0.394 e. The monoisotopic (exact) mass is 480 g/mol. The number of amides is 1. The summed E-state index contributed by atoms with van der Waals surface area (Å²) in [4.78, 5) is 22.8. The number of aromatic nitrogens is 2. The molecule has 3 heterocycles. The molecule has 1 fully saturated rings. The summed E-state index contributed by atoms with van der Waals surface area (Å²) in [7, 11) is 0. The molecule has 1 aliphatic heterocycles. The second-order valence-corrected chi connectivity index (χ2v) is 8.65. The maximum absolute atomic E-state index is 13.3. The predicted octanol–water partition coefficient (Wildman–Crippen LogP) is 3.66. The summed E-state index contributed by atoms with van der Waals surface area (Å²) in [5.74, 6) is 0.0432. The number of carbonyl (C=O) groups excluding carboxylic acids is 1. The van der Waals surface area contributed by atoms with Crippen LogP contribution in [0.2, 0.25) is 0 Å². The van der Waals surface area contributed by atoms with E-state index >= 15 is 0 Å². The fraction of sp³-hybridized carbons (Fsp3) is 0.542. The summed E-state index contributed by atoms with van der Waals surface area (Å²) in [5.41, 5.74) is 1.01. The molecule has 186 valence electrons. The number of ether oxygens (including phenoxy) is 1. The van der Waals surface area contributed by atoms with Crippen molar-refractivity contribution in [3.63, 3.8) is 0 Å². The van der Waals surface area contributed by atoms with Gasteiger partial charge in [0.1, 0.15) is 11.5 Å². The molecule has 0 aromatic carbocycles. The van der Waals surface area contributed by atoms with E-state index < -0.39 is 17.8 Å². The normalized spacial score (nSPS) is 15.9. The first kappa shape index (κ1) is 25.9. The molecule has 10 heteroatoms. The molecular formula is C24H31F3N4O3. The Bertz CT molecular complexity index is 945. The van der Waals surface area contributed by atoms with Gasteiger partial charge in [0.2, 0.25) is 5.91 Å². The lowest BCUT2D eigenvalue weighted by atomic mass is 9.99. The molecule has 0 aliphatic carbocycles. The summed E-state index contributed by atoms with van der Waals surface area (Å²) in [6.45, 7) is 5.63. The zero-order valence-electron chi connectivity index (χ0n) is 19.4. The van der Waals surface area contributed by atoms with E-state index in [4.69, 9.17) is 9.84 Å².